The van der Waals surface area contributed by atoms with Crippen molar-refractivity contribution in [3.63, 3.8) is 0 Å². The standard InChI is InChI=1S/C14H15F2N5O/c1-8-18-12(21-20-8)9-2-4-10(5-3-9)19-13(22)11-6-14(15,16)7-17-11/h2-5,11,17H,6-7H2,1H3,(H,19,22)(H,18,20,21). The first-order valence-electron chi connectivity index (χ1n) is 6.84. The summed E-state index contributed by atoms with van der Waals surface area (Å²) in [7, 11) is 0. The highest BCUT2D eigenvalue weighted by Crippen LogP contribution is 2.26. The van der Waals surface area contributed by atoms with Gasteiger partial charge >= 0.3 is 0 Å². The van der Waals surface area contributed by atoms with Gasteiger partial charge in [-0.25, -0.2) is 13.8 Å². The molecule has 1 unspecified atom stereocenters. The molecule has 0 aliphatic carbocycles. The Morgan fingerprint density at radius 1 is 1.36 bits per heavy atom. The van der Waals surface area contributed by atoms with Crippen molar-refractivity contribution >= 4 is 11.6 Å². The molecule has 0 radical (unpaired) electrons. The maximum absolute atomic E-state index is 13.1. The second-order valence-corrected chi connectivity index (χ2v) is 5.30. The molecule has 2 heterocycles. The number of carbonyl (C=O) groups is 1. The van der Waals surface area contributed by atoms with E-state index in [2.05, 4.69) is 25.8 Å². The zero-order chi connectivity index (χ0) is 15.7. The van der Waals surface area contributed by atoms with Gasteiger partial charge in [0, 0.05) is 17.7 Å². The number of rotatable bonds is 3. The minimum Gasteiger partial charge on any atom is -0.325 e. The number of H-pyrrole nitrogens is 1. The smallest absolute Gasteiger partial charge is 0.262 e. The predicted molar refractivity (Wildman–Crippen MR) is 76.5 cm³/mol. The van der Waals surface area contributed by atoms with Crippen LogP contribution in [0.3, 0.4) is 0 Å². The highest BCUT2D eigenvalue weighted by atomic mass is 19.3. The number of hydrogen-bond donors (Lipinski definition) is 3. The molecule has 1 aliphatic rings. The molecule has 3 rings (SSSR count). The summed E-state index contributed by atoms with van der Waals surface area (Å²) < 4.78 is 26.2. The monoisotopic (exact) mass is 307 g/mol. The molecule has 2 aromatic rings. The molecular weight excluding hydrogens is 292 g/mol. The number of amides is 1. The minimum absolute atomic E-state index is 0.460. The van der Waals surface area contributed by atoms with Crippen LogP contribution in [-0.4, -0.2) is 39.6 Å². The summed E-state index contributed by atoms with van der Waals surface area (Å²) in [6.07, 6.45) is -0.479. The van der Waals surface area contributed by atoms with Crippen molar-refractivity contribution in [1.29, 1.82) is 0 Å². The minimum atomic E-state index is -2.82. The fraction of sp³-hybridized carbons (Fsp3) is 0.357. The average Bonchev–Trinajstić information content (AvgIpc) is 3.05. The second-order valence-electron chi connectivity index (χ2n) is 5.30. The number of aryl methyl sites for hydroxylation is 1. The van der Waals surface area contributed by atoms with E-state index in [4.69, 9.17) is 0 Å². The average molecular weight is 307 g/mol. The molecule has 1 aromatic carbocycles. The first-order chi connectivity index (χ1) is 10.4. The number of nitrogens with zero attached hydrogens (tertiary/aromatic N) is 2. The van der Waals surface area contributed by atoms with Crippen molar-refractivity contribution in [2.24, 2.45) is 0 Å². The summed E-state index contributed by atoms with van der Waals surface area (Å²) >= 11 is 0. The second kappa shape index (κ2) is 5.45. The van der Waals surface area contributed by atoms with Gasteiger partial charge in [0.15, 0.2) is 5.82 Å². The van der Waals surface area contributed by atoms with E-state index in [1.54, 1.807) is 31.2 Å². The first-order valence-corrected chi connectivity index (χ1v) is 6.84. The van der Waals surface area contributed by atoms with Gasteiger partial charge in [-0.3, -0.25) is 15.2 Å². The van der Waals surface area contributed by atoms with Crippen LogP contribution in [0.2, 0.25) is 0 Å². The molecule has 0 saturated carbocycles. The number of carbonyl (C=O) groups excluding carboxylic acids is 1. The molecule has 6 nitrogen and oxygen atoms in total. The zero-order valence-corrected chi connectivity index (χ0v) is 11.9. The van der Waals surface area contributed by atoms with E-state index in [1.165, 1.54) is 0 Å². The molecule has 1 aliphatic heterocycles. The highest BCUT2D eigenvalue weighted by molar-refractivity contribution is 5.95. The van der Waals surface area contributed by atoms with Gasteiger partial charge in [-0.05, 0) is 31.2 Å². The van der Waals surface area contributed by atoms with Crippen LogP contribution >= 0.6 is 0 Å². The van der Waals surface area contributed by atoms with E-state index >= 15 is 0 Å². The van der Waals surface area contributed by atoms with Crippen molar-refractivity contribution in [3.8, 4) is 11.4 Å². The van der Waals surface area contributed by atoms with Crippen LogP contribution in [0.5, 0.6) is 0 Å². The lowest BCUT2D eigenvalue weighted by atomic mass is 10.1. The van der Waals surface area contributed by atoms with Crippen molar-refractivity contribution < 1.29 is 13.6 Å². The topological polar surface area (TPSA) is 82.7 Å². The largest absolute Gasteiger partial charge is 0.325 e. The Hall–Kier alpha value is -2.35. The summed E-state index contributed by atoms with van der Waals surface area (Å²) in [5.41, 5.74) is 1.34. The van der Waals surface area contributed by atoms with E-state index in [9.17, 15) is 13.6 Å². The van der Waals surface area contributed by atoms with Crippen LogP contribution in [-0.2, 0) is 4.79 Å². The number of hydrogen-bond acceptors (Lipinski definition) is 4. The third kappa shape index (κ3) is 3.11. The number of halogens is 2. The van der Waals surface area contributed by atoms with Crippen molar-refractivity contribution in [2.45, 2.75) is 25.3 Å². The van der Waals surface area contributed by atoms with E-state index in [-0.39, 0.29) is 0 Å². The lowest BCUT2D eigenvalue weighted by Gasteiger charge is -2.11. The van der Waals surface area contributed by atoms with Gasteiger partial charge in [0.2, 0.25) is 5.91 Å². The Labute approximate surface area is 125 Å². The lowest BCUT2D eigenvalue weighted by molar-refractivity contribution is -0.118. The van der Waals surface area contributed by atoms with Gasteiger partial charge in [0.1, 0.15) is 5.82 Å². The molecular formula is C14H15F2N5O. The number of anilines is 1. The molecule has 22 heavy (non-hydrogen) atoms. The van der Waals surface area contributed by atoms with E-state index < -0.39 is 30.8 Å². The molecule has 0 spiro atoms. The summed E-state index contributed by atoms with van der Waals surface area (Å²) in [5, 5.41) is 11.9. The summed E-state index contributed by atoms with van der Waals surface area (Å²) in [5.74, 6) is -2.01. The van der Waals surface area contributed by atoms with Crippen LogP contribution in [0.25, 0.3) is 11.4 Å². The number of aromatic amines is 1. The van der Waals surface area contributed by atoms with Crippen LogP contribution in [0.4, 0.5) is 14.5 Å². The first kappa shape index (κ1) is 14.6. The fourth-order valence-electron chi connectivity index (χ4n) is 2.30. The Kier molecular flexibility index (Phi) is 3.61. The van der Waals surface area contributed by atoms with Crippen LogP contribution < -0.4 is 10.6 Å². The van der Waals surface area contributed by atoms with Gasteiger partial charge in [-0.15, -0.1) is 0 Å². The van der Waals surface area contributed by atoms with Crippen LogP contribution in [0, 0.1) is 6.92 Å². The maximum atomic E-state index is 13.1. The fourth-order valence-corrected chi connectivity index (χ4v) is 2.30. The zero-order valence-electron chi connectivity index (χ0n) is 11.9. The predicted octanol–water partition coefficient (Wildman–Crippen LogP) is 1.72. The van der Waals surface area contributed by atoms with Crippen molar-refractivity contribution in [3.05, 3.63) is 30.1 Å². The van der Waals surface area contributed by atoms with Gasteiger partial charge in [-0.2, -0.15) is 5.10 Å². The van der Waals surface area contributed by atoms with E-state index in [1.807, 2.05) is 0 Å². The molecule has 0 bridgehead atoms. The summed E-state index contributed by atoms with van der Waals surface area (Å²) in [4.78, 5) is 16.1. The Morgan fingerprint density at radius 2 is 2.09 bits per heavy atom. The third-order valence-electron chi connectivity index (χ3n) is 3.43. The molecule has 1 atom stereocenters. The van der Waals surface area contributed by atoms with Crippen LogP contribution in [0.1, 0.15) is 12.2 Å². The van der Waals surface area contributed by atoms with E-state index in [0.29, 0.717) is 17.3 Å². The van der Waals surface area contributed by atoms with E-state index in [0.717, 1.165) is 5.56 Å². The Balaban J connectivity index is 1.65. The van der Waals surface area contributed by atoms with Crippen LogP contribution in [0.15, 0.2) is 24.3 Å². The summed E-state index contributed by atoms with van der Waals surface area (Å²) in [6.45, 7) is 1.34. The SMILES string of the molecule is Cc1nc(-c2ccc(NC(=O)C3CC(F)(F)CN3)cc2)n[nH]1. The van der Waals surface area contributed by atoms with Gasteiger partial charge in [0.05, 0.1) is 12.6 Å². The number of benzene rings is 1. The molecule has 1 saturated heterocycles. The maximum Gasteiger partial charge on any atom is 0.262 e. The number of aromatic nitrogens is 3. The van der Waals surface area contributed by atoms with Gasteiger partial charge in [0.25, 0.3) is 5.92 Å². The highest BCUT2D eigenvalue weighted by Gasteiger charge is 2.42. The van der Waals surface area contributed by atoms with Crippen molar-refractivity contribution in [2.75, 3.05) is 11.9 Å². The molecule has 3 N–H and O–H groups in total. The quantitative estimate of drug-likeness (QED) is 0.806. The number of alkyl halides is 2. The Bertz CT molecular complexity index is 683. The molecule has 1 aromatic heterocycles. The number of nitrogens with one attached hydrogen (secondary N) is 3. The van der Waals surface area contributed by atoms with Gasteiger partial charge in [-0.1, -0.05) is 0 Å². The molecule has 1 fully saturated rings. The molecule has 116 valence electrons. The molecule has 1 amide bonds. The van der Waals surface area contributed by atoms with Gasteiger partial charge < -0.3 is 5.32 Å². The third-order valence-corrected chi connectivity index (χ3v) is 3.43. The summed E-state index contributed by atoms with van der Waals surface area (Å²) in [6, 6.07) is 6.02. The lowest BCUT2D eigenvalue weighted by Crippen LogP contribution is -2.35. The Morgan fingerprint density at radius 3 is 2.64 bits per heavy atom. The molecule has 8 heteroatoms. The normalized spacial score (nSPS) is 20.0. The van der Waals surface area contributed by atoms with Crippen molar-refractivity contribution in [1.82, 2.24) is 20.5 Å².